The first-order valence-corrected chi connectivity index (χ1v) is 10.0. The van der Waals surface area contributed by atoms with Crippen molar-refractivity contribution in [1.29, 1.82) is 0 Å². The van der Waals surface area contributed by atoms with Crippen LogP contribution in [0.1, 0.15) is 5.56 Å². The Hall–Kier alpha value is -3.13. The molecule has 3 aromatic carbocycles. The number of hydrogen-bond donors (Lipinski definition) is 0. The van der Waals surface area contributed by atoms with E-state index in [0.29, 0.717) is 11.3 Å². The predicted molar refractivity (Wildman–Crippen MR) is 106 cm³/mol. The molecular formula is C21H19F2NO4S. The van der Waals surface area contributed by atoms with Gasteiger partial charge in [0.05, 0.1) is 26.5 Å². The Morgan fingerprint density at radius 1 is 0.828 bits per heavy atom. The summed E-state index contributed by atoms with van der Waals surface area (Å²) in [4.78, 5) is -0.106. The smallest absolute Gasteiger partial charge is 0.268 e. The van der Waals surface area contributed by atoms with E-state index in [2.05, 4.69) is 0 Å². The number of benzene rings is 3. The Kier molecular flexibility index (Phi) is 6.03. The Morgan fingerprint density at radius 2 is 1.41 bits per heavy atom. The summed E-state index contributed by atoms with van der Waals surface area (Å²) < 4.78 is 65.3. The molecule has 0 amide bonds. The lowest BCUT2D eigenvalue weighted by atomic mass is 10.2. The standard InChI is InChI=1S/C21H19F2NO4S/c1-27-19-11-12-20(28-2)21(13-19)29(25,26)24(18-9-7-17(23)8-10-18)14-15-3-5-16(22)6-4-15/h3-13H,14H2,1-2H3. The monoisotopic (exact) mass is 419 g/mol. The summed E-state index contributed by atoms with van der Waals surface area (Å²) in [5, 5.41) is 0. The molecule has 29 heavy (non-hydrogen) atoms. The zero-order valence-electron chi connectivity index (χ0n) is 15.8. The highest BCUT2D eigenvalue weighted by molar-refractivity contribution is 7.93. The minimum atomic E-state index is -4.14. The maximum absolute atomic E-state index is 13.6. The molecule has 0 atom stereocenters. The first kappa shape index (κ1) is 20.6. The second kappa shape index (κ2) is 8.48. The first-order valence-electron chi connectivity index (χ1n) is 8.60. The van der Waals surface area contributed by atoms with Crippen molar-refractivity contribution in [2.24, 2.45) is 0 Å². The Balaban J connectivity index is 2.14. The van der Waals surface area contributed by atoms with Gasteiger partial charge < -0.3 is 9.47 Å². The van der Waals surface area contributed by atoms with Crippen LogP contribution in [0.3, 0.4) is 0 Å². The molecule has 3 aromatic rings. The highest BCUT2D eigenvalue weighted by Crippen LogP contribution is 2.34. The molecule has 0 aliphatic heterocycles. The van der Waals surface area contributed by atoms with Gasteiger partial charge in [0.25, 0.3) is 10.0 Å². The molecule has 3 rings (SSSR count). The third-order valence-electron chi connectivity index (χ3n) is 4.29. The summed E-state index contributed by atoms with van der Waals surface area (Å²) in [7, 11) is -1.35. The molecule has 0 spiro atoms. The fourth-order valence-corrected chi connectivity index (χ4v) is 4.41. The quantitative estimate of drug-likeness (QED) is 0.570. The van der Waals surface area contributed by atoms with E-state index in [1.807, 2.05) is 0 Å². The van der Waals surface area contributed by atoms with Crippen molar-refractivity contribution in [2.75, 3.05) is 18.5 Å². The summed E-state index contributed by atoms with van der Waals surface area (Å²) in [6.45, 7) is -0.0887. The lowest BCUT2D eigenvalue weighted by molar-refractivity contribution is 0.392. The van der Waals surface area contributed by atoms with E-state index in [4.69, 9.17) is 9.47 Å². The first-order chi connectivity index (χ1) is 13.8. The molecule has 0 radical (unpaired) electrons. The summed E-state index contributed by atoms with van der Waals surface area (Å²) >= 11 is 0. The molecule has 0 bridgehead atoms. The third-order valence-corrected chi connectivity index (χ3v) is 6.09. The van der Waals surface area contributed by atoms with Crippen LogP contribution in [0, 0.1) is 11.6 Å². The Labute approximate surface area is 168 Å². The van der Waals surface area contributed by atoms with Crippen molar-refractivity contribution in [3.8, 4) is 11.5 Å². The summed E-state index contributed by atoms with van der Waals surface area (Å²) in [5.41, 5.74) is 0.807. The average Bonchev–Trinajstić information content (AvgIpc) is 2.73. The molecule has 0 heterocycles. The van der Waals surface area contributed by atoms with Crippen molar-refractivity contribution in [2.45, 2.75) is 11.4 Å². The number of halogens is 2. The zero-order chi connectivity index (χ0) is 21.0. The van der Waals surface area contributed by atoms with Gasteiger partial charge in [0.1, 0.15) is 28.0 Å². The second-order valence-corrected chi connectivity index (χ2v) is 7.96. The SMILES string of the molecule is COc1ccc(OC)c(S(=O)(=O)N(Cc2ccc(F)cc2)c2ccc(F)cc2)c1. The van der Waals surface area contributed by atoms with Crippen LogP contribution in [0.15, 0.2) is 71.6 Å². The van der Waals surface area contributed by atoms with Crippen molar-refractivity contribution < 1.29 is 26.7 Å². The van der Waals surface area contributed by atoms with Crippen molar-refractivity contribution >= 4 is 15.7 Å². The topological polar surface area (TPSA) is 55.8 Å². The molecule has 8 heteroatoms. The predicted octanol–water partition coefficient (Wildman–Crippen LogP) is 4.38. The molecule has 0 fully saturated rings. The van der Waals surface area contributed by atoms with Gasteiger partial charge in [-0.1, -0.05) is 12.1 Å². The number of anilines is 1. The van der Waals surface area contributed by atoms with E-state index in [1.165, 1.54) is 74.9 Å². The molecule has 0 saturated carbocycles. The number of nitrogens with zero attached hydrogens (tertiary/aromatic N) is 1. The lowest BCUT2D eigenvalue weighted by Gasteiger charge is -2.26. The Morgan fingerprint density at radius 3 is 1.97 bits per heavy atom. The number of methoxy groups -OCH3 is 2. The van der Waals surface area contributed by atoms with Crippen molar-refractivity contribution in [3.63, 3.8) is 0 Å². The van der Waals surface area contributed by atoms with Crippen LogP contribution in [0.2, 0.25) is 0 Å². The minimum absolute atomic E-state index is 0.0887. The normalized spacial score (nSPS) is 11.2. The zero-order valence-corrected chi connectivity index (χ0v) is 16.6. The van der Waals surface area contributed by atoms with Crippen LogP contribution < -0.4 is 13.8 Å². The summed E-state index contributed by atoms with van der Waals surface area (Å²) in [6.07, 6.45) is 0. The molecule has 0 saturated heterocycles. The maximum Gasteiger partial charge on any atom is 0.268 e. The van der Waals surface area contributed by atoms with E-state index in [0.717, 1.165) is 4.31 Å². The van der Waals surface area contributed by atoms with E-state index < -0.39 is 21.7 Å². The number of rotatable bonds is 7. The lowest BCUT2D eigenvalue weighted by Crippen LogP contribution is -2.31. The van der Waals surface area contributed by atoms with Gasteiger partial charge in [-0.3, -0.25) is 4.31 Å². The molecule has 152 valence electrons. The van der Waals surface area contributed by atoms with Crippen LogP contribution in [0.25, 0.3) is 0 Å². The van der Waals surface area contributed by atoms with Gasteiger partial charge in [-0.15, -0.1) is 0 Å². The van der Waals surface area contributed by atoms with Gasteiger partial charge >= 0.3 is 0 Å². The Bertz CT molecular complexity index is 1080. The van der Waals surface area contributed by atoms with Gasteiger partial charge in [0.2, 0.25) is 0 Å². The van der Waals surface area contributed by atoms with Gasteiger partial charge in [0.15, 0.2) is 0 Å². The number of sulfonamides is 1. The molecule has 5 nitrogen and oxygen atoms in total. The highest BCUT2D eigenvalue weighted by Gasteiger charge is 2.29. The van der Waals surface area contributed by atoms with Crippen molar-refractivity contribution in [1.82, 2.24) is 0 Å². The highest BCUT2D eigenvalue weighted by atomic mass is 32.2. The van der Waals surface area contributed by atoms with Crippen LogP contribution in [-0.4, -0.2) is 22.6 Å². The number of ether oxygens (including phenoxy) is 2. The van der Waals surface area contributed by atoms with Crippen LogP contribution in [-0.2, 0) is 16.6 Å². The van der Waals surface area contributed by atoms with E-state index in [-0.39, 0.29) is 22.9 Å². The molecule has 0 aliphatic rings. The van der Waals surface area contributed by atoms with Crippen LogP contribution in [0.5, 0.6) is 11.5 Å². The molecule has 0 unspecified atom stereocenters. The minimum Gasteiger partial charge on any atom is -0.497 e. The van der Waals surface area contributed by atoms with Crippen LogP contribution in [0.4, 0.5) is 14.5 Å². The summed E-state index contributed by atoms with van der Waals surface area (Å²) in [5.74, 6) is -0.450. The third kappa shape index (κ3) is 4.48. The van der Waals surface area contributed by atoms with Gasteiger partial charge in [-0.25, -0.2) is 17.2 Å². The van der Waals surface area contributed by atoms with Crippen LogP contribution >= 0.6 is 0 Å². The molecule has 0 aromatic heterocycles. The summed E-state index contributed by atoms with van der Waals surface area (Å²) in [6, 6.07) is 15.0. The maximum atomic E-state index is 13.6. The molecule has 0 aliphatic carbocycles. The average molecular weight is 419 g/mol. The van der Waals surface area contributed by atoms with E-state index in [1.54, 1.807) is 6.07 Å². The fraction of sp³-hybridized carbons (Fsp3) is 0.143. The molecular weight excluding hydrogens is 400 g/mol. The second-order valence-electron chi connectivity index (χ2n) is 6.13. The fourth-order valence-electron chi connectivity index (χ4n) is 2.78. The van der Waals surface area contributed by atoms with E-state index in [9.17, 15) is 17.2 Å². The molecule has 0 N–H and O–H groups in total. The van der Waals surface area contributed by atoms with Gasteiger partial charge in [-0.2, -0.15) is 0 Å². The van der Waals surface area contributed by atoms with Gasteiger partial charge in [-0.05, 0) is 54.1 Å². The van der Waals surface area contributed by atoms with Crippen molar-refractivity contribution in [3.05, 3.63) is 83.9 Å². The largest absolute Gasteiger partial charge is 0.497 e. The van der Waals surface area contributed by atoms with Gasteiger partial charge in [0, 0.05) is 6.07 Å². The number of hydrogen-bond acceptors (Lipinski definition) is 4. The van der Waals surface area contributed by atoms with E-state index >= 15 is 0 Å².